The van der Waals surface area contributed by atoms with Crippen molar-refractivity contribution in [1.82, 2.24) is 9.29 Å². The largest absolute Gasteiger partial charge is 0.346 e. The first-order valence-corrected chi connectivity index (χ1v) is 10.5. The van der Waals surface area contributed by atoms with Crippen molar-refractivity contribution >= 4 is 10.0 Å². The van der Waals surface area contributed by atoms with E-state index in [0.29, 0.717) is 4.90 Å². The van der Waals surface area contributed by atoms with Gasteiger partial charge < -0.3 is 4.57 Å². The zero-order chi connectivity index (χ0) is 19.6. The van der Waals surface area contributed by atoms with Gasteiger partial charge in [0.1, 0.15) is 0 Å². The Bertz CT molecular complexity index is 1040. The Morgan fingerprint density at radius 2 is 1.56 bits per heavy atom. The van der Waals surface area contributed by atoms with Crippen molar-refractivity contribution in [2.45, 2.75) is 45.7 Å². The molecule has 0 aliphatic heterocycles. The van der Waals surface area contributed by atoms with E-state index in [2.05, 4.69) is 28.3 Å². The zero-order valence-electron chi connectivity index (χ0n) is 16.3. The maximum Gasteiger partial charge on any atom is 0.241 e. The number of nitrogens with one attached hydrogen (secondary N) is 1. The first-order chi connectivity index (χ1) is 12.8. The minimum Gasteiger partial charge on any atom is -0.346 e. The molecule has 2 aromatic carbocycles. The fourth-order valence-electron chi connectivity index (χ4n) is 3.57. The maximum absolute atomic E-state index is 12.9. The molecule has 0 unspecified atom stereocenters. The average Bonchev–Trinajstić information content (AvgIpc) is 3.01. The molecule has 3 rings (SSSR count). The number of hydrogen-bond acceptors (Lipinski definition) is 2. The molecule has 1 heterocycles. The van der Waals surface area contributed by atoms with Crippen molar-refractivity contribution in [2.24, 2.45) is 0 Å². The number of hydrogen-bond donors (Lipinski definition) is 1. The Hall–Kier alpha value is -2.37. The first-order valence-electron chi connectivity index (χ1n) is 9.04. The van der Waals surface area contributed by atoms with Crippen LogP contribution in [0.5, 0.6) is 0 Å². The van der Waals surface area contributed by atoms with Gasteiger partial charge in [-0.15, -0.1) is 0 Å². The van der Waals surface area contributed by atoms with E-state index in [9.17, 15) is 8.42 Å². The highest BCUT2D eigenvalue weighted by Gasteiger charge is 2.20. The topological polar surface area (TPSA) is 51.1 Å². The molecule has 1 aromatic heterocycles. The van der Waals surface area contributed by atoms with E-state index in [-0.39, 0.29) is 6.54 Å². The Labute approximate surface area is 161 Å². The van der Waals surface area contributed by atoms with Crippen molar-refractivity contribution in [3.63, 3.8) is 0 Å². The van der Waals surface area contributed by atoms with Crippen molar-refractivity contribution < 1.29 is 8.42 Å². The molecule has 0 spiro atoms. The van der Waals surface area contributed by atoms with Crippen molar-refractivity contribution in [1.29, 1.82) is 0 Å². The van der Waals surface area contributed by atoms with Crippen molar-refractivity contribution in [3.8, 4) is 0 Å². The highest BCUT2D eigenvalue weighted by Crippen LogP contribution is 2.22. The van der Waals surface area contributed by atoms with Gasteiger partial charge in [-0.3, -0.25) is 0 Å². The summed E-state index contributed by atoms with van der Waals surface area (Å²) in [6.07, 6.45) is 1.98. The van der Waals surface area contributed by atoms with E-state index in [1.54, 1.807) is 0 Å². The summed E-state index contributed by atoms with van der Waals surface area (Å²) in [4.78, 5) is 0.380. The fourth-order valence-corrected chi connectivity index (χ4v) is 5.01. The zero-order valence-corrected chi connectivity index (χ0v) is 17.1. The maximum atomic E-state index is 12.9. The molecule has 142 valence electrons. The minimum atomic E-state index is -3.58. The lowest BCUT2D eigenvalue weighted by Crippen LogP contribution is -2.26. The molecule has 0 saturated heterocycles. The Kier molecular flexibility index (Phi) is 5.53. The molecule has 5 heteroatoms. The number of aromatic nitrogens is 1. The van der Waals surface area contributed by atoms with Crippen LogP contribution in [0.2, 0.25) is 0 Å². The van der Waals surface area contributed by atoms with Gasteiger partial charge in [0.2, 0.25) is 10.0 Å². The lowest BCUT2D eigenvalue weighted by molar-refractivity contribution is 0.576. The summed E-state index contributed by atoms with van der Waals surface area (Å²) in [7, 11) is -3.58. The van der Waals surface area contributed by atoms with Crippen molar-refractivity contribution in [2.75, 3.05) is 0 Å². The number of rotatable bonds is 6. The van der Waals surface area contributed by atoms with Crippen LogP contribution in [0.15, 0.2) is 59.6 Å². The predicted octanol–water partition coefficient (Wildman–Crippen LogP) is 4.25. The van der Waals surface area contributed by atoms with Crippen LogP contribution in [0.4, 0.5) is 0 Å². The molecule has 0 bridgehead atoms. The fraction of sp³-hybridized carbons (Fsp3) is 0.273. The molecule has 0 fully saturated rings. The van der Waals surface area contributed by atoms with Crippen LogP contribution in [0.1, 0.15) is 33.5 Å². The molecule has 1 N–H and O–H groups in total. The van der Waals surface area contributed by atoms with Crippen LogP contribution in [-0.4, -0.2) is 13.0 Å². The van der Waals surface area contributed by atoms with Crippen LogP contribution in [0, 0.1) is 27.7 Å². The van der Waals surface area contributed by atoms with Gasteiger partial charge >= 0.3 is 0 Å². The molecule has 27 heavy (non-hydrogen) atoms. The average molecular weight is 383 g/mol. The highest BCUT2D eigenvalue weighted by atomic mass is 32.2. The van der Waals surface area contributed by atoms with Gasteiger partial charge in [-0.2, -0.15) is 0 Å². The number of aryl methyl sites for hydroxylation is 4. The van der Waals surface area contributed by atoms with Crippen LogP contribution in [-0.2, 0) is 23.1 Å². The third-order valence-corrected chi connectivity index (χ3v) is 6.55. The third kappa shape index (κ3) is 4.31. The van der Waals surface area contributed by atoms with Gasteiger partial charge in [-0.05, 0) is 62.1 Å². The summed E-state index contributed by atoms with van der Waals surface area (Å²) in [6.45, 7) is 8.73. The van der Waals surface area contributed by atoms with Gasteiger partial charge in [0, 0.05) is 18.4 Å². The summed E-state index contributed by atoms with van der Waals surface area (Å²) in [6, 6.07) is 15.9. The van der Waals surface area contributed by atoms with Crippen LogP contribution >= 0.6 is 0 Å². The van der Waals surface area contributed by atoms with Gasteiger partial charge in [-0.25, -0.2) is 13.1 Å². The summed E-state index contributed by atoms with van der Waals surface area (Å²) < 4.78 is 30.6. The highest BCUT2D eigenvalue weighted by molar-refractivity contribution is 7.89. The monoisotopic (exact) mass is 382 g/mol. The Morgan fingerprint density at radius 1 is 0.889 bits per heavy atom. The van der Waals surface area contributed by atoms with E-state index >= 15 is 0 Å². The second kappa shape index (κ2) is 7.71. The molecule has 0 saturated carbocycles. The van der Waals surface area contributed by atoms with Gasteiger partial charge in [-0.1, -0.05) is 42.0 Å². The number of benzene rings is 2. The summed E-state index contributed by atoms with van der Waals surface area (Å²) in [5.41, 5.74) is 6.00. The molecular formula is C22H26N2O2S. The molecule has 0 radical (unpaired) electrons. The minimum absolute atomic E-state index is 0.258. The number of sulfonamides is 1. The lowest BCUT2D eigenvalue weighted by Gasteiger charge is -2.15. The van der Waals surface area contributed by atoms with E-state index in [4.69, 9.17) is 0 Å². The first kappa shape index (κ1) is 19.4. The number of nitrogens with zero attached hydrogens (tertiary/aromatic N) is 1. The SMILES string of the molecule is Cc1cc(C)c(S(=O)(=O)NCc2cccn2Cc2ccccc2C)c(C)c1. The quantitative estimate of drug-likeness (QED) is 0.693. The second-order valence-corrected chi connectivity index (χ2v) is 8.81. The molecule has 0 amide bonds. The van der Waals surface area contributed by atoms with Crippen LogP contribution < -0.4 is 4.72 Å². The summed E-state index contributed by atoms with van der Waals surface area (Å²) in [5.74, 6) is 0. The van der Waals surface area contributed by atoms with E-state index in [1.165, 1.54) is 11.1 Å². The van der Waals surface area contributed by atoms with Gasteiger partial charge in [0.15, 0.2) is 0 Å². The molecule has 0 atom stereocenters. The van der Waals surface area contributed by atoms with Crippen molar-refractivity contribution in [3.05, 3.63) is 88.2 Å². The predicted molar refractivity (Wildman–Crippen MR) is 109 cm³/mol. The van der Waals surface area contributed by atoms with E-state index in [1.807, 2.05) is 63.4 Å². The molecule has 0 aliphatic rings. The standard InChI is InChI=1S/C22H26N2O2S/c1-16-12-18(3)22(19(4)13-16)27(25,26)23-14-21-10-7-11-24(21)15-20-9-6-5-8-17(20)2/h5-13,23H,14-15H2,1-4H3. The Morgan fingerprint density at radius 3 is 2.22 bits per heavy atom. The van der Waals surface area contributed by atoms with Gasteiger partial charge in [0.25, 0.3) is 0 Å². The lowest BCUT2D eigenvalue weighted by atomic mass is 10.1. The van der Waals surface area contributed by atoms with Crippen LogP contribution in [0.25, 0.3) is 0 Å². The van der Waals surface area contributed by atoms with E-state index in [0.717, 1.165) is 28.9 Å². The molecule has 0 aliphatic carbocycles. The van der Waals surface area contributed by atoms with Gasteiger partial charge in [0.05, 0.1) is 11.4 Å². The van der Waals surface area contributed by atoms with E-state index < -0.39 is 10.0 Å². The second-order valence-electron chi connectivity index (χ2n) is 7.11. The van der Waals surface area contributed by atoms with Crippen LogP contribution in [0.3, 0.4) is 0 Å². The normalized spacial score (nSPS) is 11.7. The summed E-state index contributed by atoms with van der Waals surface area (Å²) >= 11 is 0. The smallest absolute Gasteiger partial charge is 0.241 e. The molecule has 3 aromatic rings. The summed E-state index contributed by atoms with van der Waals surface area (Å²) in [5, 5.41) is 0. The Balaban J connectivity index is 1.80. The molecular weight excluding hydrogens is 356 g/mol. The molecule has 4 nitrogen and oxygen atoms in total. The third-order valence-electron chi connectivity index (χ3n) is 4.84.